The molecule has 0 heterocycles. The quantitative estimate of drug-likeness (QED) is 0.394. The molecule has 0 saturated carbocycles. The average molecular weight is 338 g/mol. The largest absolute Gasteiger partial charge is 0.469 e. The lowest BCUT2D eigenvalue weighted by atomic mass is 9.99. The van der Waals surface area contributed by atoms with Crippen LogP contribution in [0.25, 0.3) is 11.1 Å². The zero-order valence-electron chi connectivity index (χ0n) is 15.6. The molecule has 0 aliphatic rings. The molecule has 0 aliphatic heterocycles. The summed E-state index contributed by atoms with van der Waals surface area (Å²) >= 11 is 0. The van der Waals surface area contributed by atoms with Gasteiger partial charge in [0.1, 0.15) is 0 Å². The number of hydrogen-bond acceptors (Lipinski definition) is 2. The molecule has 2 rings (SSSR count). The van der Waals surface area contributed by atoms with Crippen LogP contribution < -0.4 is 0 Å². The van der Waals surface area contributed by atoms with Gasteiger partial charge in [-0.25, -0.2) is 0 Å². The summed E-state index contributed by atoms with van der Waals surface area (Å²) in [6.07, 6.45) is 8.36. The second-order valence-corrected chi connectivity index (χ2v) is 6.63. The fourth-order valence-electron chi connectivity index (χ4n) is 2.99. The van der Waals surface area contributed by atoms with Crippen molar-refractivity contribution >= 4 is 5.97 Å². The summed E-state index contributed by atoms with van der Waals surface area (Å²) in [5.41, 5.74) is 5.34. The van der Waals surface area contributed by atoms with Gasteiger partial charge in [-0.05, 0) is 54.4 Å². The molecule has 0 unspecified atom stereocenters. The molecule has 0 amide bonds. The first-order chi connectivity index (χ1) is 12.2. The highest BCUT2D eigenvalue weighted by Gasteiger charge is 2.01. The van der Waals surface area contributed by atoms with Crippen molar-refractivity contribution in [2.24, 2.45) is 0 Å². The molecule has 2 aromatic carbocycles. The molecule has 0 spiro atoms. The van der Waals surface area contributed by atoms with E-state index in [0.717, 1.165) is 25.7 Å². The van der Waals surface area contributed by atoms with E-state index in [2.05, 4.69) is 60.2 Å². The van der Waals surface area contributed by atoms with Crippen LogP contribution in [0, 0.1) is 0 Å². The van der Waals surface area contributed by atoms with Crippen LogP contribution in [-0.2, 0) is 22.4 Å². The Morgan fingerprint density at radius 2 is 1.28 bits per heavy atom. The number of benzene rings is 2. The Labute approximate surface area is 152 Å². The van der Waals surface area contributed by atoms with E-state index in [4.69, 9.17) is 0 Å². The molecule has 2 heteroatoms. The standard InChI is InChI=1S/C23H30O2/c1-3-4-8-19-11-15-21(16-12-19)22-17-13-20(14-18-22)9-6-5-7-10-23(24)25-2/h11-18H,3-10H2,1-2H3. The SMILES string of the molecule is CCCCc1ccc(-c2ccc(CCCCCC(=O)OC)cc2)cc1. The van der Waals surface area contributed by atoms with Gasteiger partial charge in [0.2, 0.25) is 0 Å². The first-order valence-electron chi connectivity index (χ1n) is 9.48. The monoisotopic (exact) mass is 338 g/mol. The lowest BCUT2D eigenvalue weighted by Crippen LogP contribution is -1.99. The number of methoxy groups -OCH3 is 1. The molecule has 0 aliphatic carbocycles. The van der Waals surface area contributed by atoms with E-state index in [1.54, 1.807) is 0 Å². The van der Waals surface area contributed by atoms with Crippen molar-refractivity contribution in [2.45, 2.75) is 58.3 Å². The molecule has 2 aromatic rings. The van der Waals surface area contributed by atoms with Crippen LogP contribution in [0.3, 0.4) is 0 Å². The van der Waals surface area contributed by atoms with Crippen molar-refractivity contribution in [3.63, 3.8) is 0 Å². The van der Waals surface area contributed by atoms with Crippen LogP contribution in [0.5, 0.6) is 0 Å². The molecule has 0 aromatic heterocycles. The number of hydrogen-bond donors (Lipinski definition) is 0. The van der Waals surface area contributed by atoms with Gasteiger partial charge in [0.15, 0.2) is 0 Å². The number of carbonyl (C=O) groups is 1. The maximum atomic E-state index is 11.1. The van der Waals surface area contributed by atoms with Crippen LogP contribution in [0.1, 0.15) is 56.6 Å². The molecule has 25 heavy (non-hydrogen) atoms. The lowest BCUT2D eigenvalue weighted by molar-refractivity contribution is -0.140. The minimum Gasteiger partial charge on any atom is -0.469 e. The summed E-state index contributed by atoms with van der Waals surface area (Å²) < 4.78 is 4.66. The van der Waals surface area contributed by atoms with E-state index in [1.807, 2.05) is 0 Å². The van der Waals surface area contributed by atoms with Gasteiger partial charge in [-0.3, -0.25) is 4.79 Å². The summed E-state index contributed by atoms with van der Waals surface area (Å²) in [7, 11) is 1.45. The molecule has 0 radical (unpaired) electrons. The minimum absolute atomic E-state index is 0.106. The van der Waals surface area contributed by atoms with E-state index in [1.165, 1.54) is 48.6 Å². The Balaban J connectivity index is 1.80. The van der Waals surface area contributed by atoms with Crippen molar-refractivity contribution < 1.29 is 9.53 Å². The Morgan fingerprint density at radius 1 is 0.760 bits per heavy atom. The van der Waals surface area contributed by atoms with Gasteiger partial charge >= 0.3 is 5.97 Å². The van der Waals surface area contributed by atoms with Crippen LogP contribution in [0.2, 0.25) is 0 Å². The third-order valence-corrected chi connectivity index (χ3v) is 4.63. The Hall–Kier alpha value is -2.09. The summed E-state index contributed by atoms with van der Waals surface area (Å²) in [6, 6.07) is 17.8. The molecule has 2 nitrogen and oxygen atoms in total. The summed E-state index contributed by atoms with van der Waals surface area (Å²) in [5, 5.41) is 0. The highest BCUT2D eigenvalue weighted by Crippen LogP contribution is 2.21. The topological polar surface area (TPSA) is 26.3 Å². The number of carbonyl (C=O) groups excluding carboxylic acids is 1. The third-order valence-electron chi connectivity index (χ3n) is 4.63. The second kappa shape index (κ2) is 10.7. The molecule has 0 N–H and O–H groups in total. The van der Waals surface area contributed by atoms with E-state index < -0.39 is 0 Å². The predicted octanol–water partition coefficient (Wildman–Crippen LogP) is 5.97. The molecule has 0 atom stereocenters. The van der Waals surface area contributed by atoms with Crippen molar-refractivity contribution in [3.8, 4) is 11.1 Å². The zero-order valence-corrected chi connectivity index (χ0v) is 15.6. The normalized spacial score (nSPS) is 10.6. The van der Waals surface area contributed by atoms with E-state index in [9.17, 15) is 4.79 Å². The number of rotatable bonds is 10. The maximum Gasteiger partial charge on any atom is 0.305 e. The van der Waals surface area contributed by atoms with Crippen molar-refractivity contribution in [1.29, 1.82) is 0 Å². The van der Waals surface area contributed by atoms with Gasteiger partial charge in [-0.1, -0.05) is 68.3 Å². The number of aryl methyl sites for hydroxylation is 2. The Bertz CT molecular complexity index is 626. The van der Waals surface area contributed by atoms with Gasteiger partial charge in [0.25, 0.3) is 0 Å². The highest BCUT2D eigenvalue weighted by atomic mass is 16.5. The second-order valence-electron chi connectivity index (χ2n) is 6.63. The highest BCUT2D eigenvalue weighted by molar-refractivity contribution is 5.69. The molecular formula is C23H30O2. The first-order valence-corrected chi connectivity index (χ1v) is 9.48. The summed E-state index contributed by atoms with van der Waals surface area (Å²) in [4.78, 5) is 11.1. The van der Waals surface area contributed by atoms with Crippen molar-refractivity contribution in [3.05, 3.63) is 59.7 Å². The Kier molecular flexibility index (Phi) is 8.24. The van der Waals surface area contributed by atoms with Gasteiger partial charge in [0.05, 0.1) is 7.11 Å². The number of ether oxygens (including phenoxy) is 1. The van der Waals surface area contributed by atoms with Crippen molar-refractivity contribution in [2.75, 3.05) is 7.11 Å². The molecule has 0 saturated heterocycles. The zero-order chi connectivity index (χ0) is 17.9. The molecule has 134 valence electrons. The first kappa shape index (κ1) is 19.2. The van der Waals surface area contributed by atoms with Crippen LogP contribution >= 0.6 is 0 Å². The maximum absolute atomic E-state index is 11.1. The van der Waals surface area contributed by atoms with E-state index in [0.29, 0.717) is 6.42 Å². The minimum atomic E-state index is -0.106. The van der Waals surface area contributed by atoms with Gasteiger partial charge in [-0.2, -0.15) is 0 Å². The van der Waals surface area contributed by atoms with Crippen LogP contribution in [0.4, 0.5) is 0 Å². The number of esters is 1. The van der Waals surface area contributed by atoms with E-state index >= 15 is 0 Å². The van der Waals surface area contributed by atoms with Crippen molar-refractivity contribution in [1.82, 2.24) is 0 Å². The fraction of sp³-hybridized carbons (Fsp3) is 0.435. The number of unbranched alkanes of at least 4 members (excludes halogenated alkanes) is 3. The predicted molar refractivity (Wildman–Crippen MR) is 105 cm³/mol. The summed E-state index contributed by atoms with van der Waals surface area (Å²) in [5.74, 6) is -0.106. The van der Waals surface area contributed by atoms with Gasteiger partial charge in [0, 0.05) is 6.42 Å². The van der Waals surface area contributed by atoms with E-state index in [-0.39, 0.29) is 5.97 Å². The van der Waals surface area contributed by atoms with Crippen LogP contribution in [0.15, 0.2) is 48.5 Å². The lowest BCUT2D eigenvalue weighted by Gasteiger charge is -2.06. The van der Waals surface area contributed by atoms with Gasteiger partial charge in [-0.15, -0.1) is 0 Å². The molecular weight excluding hydrogens is 308 g/mol. The van der Waals surface area contributed by atoms with Gasteiger partial charge < -0.3 is 4.74 Å². The smallest absolute Gasteiger partial charge is 0.305 e. The average Bonchev–Trinajstić information content (AvgIpc) is 2.67. The fourth-order valence-corrected chi connectivity index (χ4v) is 2.99. The summed E-state index contributed by atoms with van der Waals surface area (Å²) in [6.45, 7) is 2.23. The van der Waals surface area contributed by atoms with Crippen LogP contribution in [-0.4, -0.2) is 13.1 Å². The molecule has 0 bridgehead atoms. The third kappa shape index (κ3) is 6.74. The Morgan fingerprint density at radius 3 is 1.76 bits per heavy atom. The molecule has 0 fully saturated rings.